The molecule has 2 N–H and O–H groups in total. The summed E-state index contributed by atoms with van der Waals surface area (Å²) in [5, 5.41) is 5.59. The van der Waals surface area contributed by atoms with E-state index in [-0.39, 0.29) is 30.4 Å². The maximum absolute atomic E-state index is 12.0. The van der Waals surface area contributed by atoms with Gasteiger partial charge in [-0.15, -0.1) is 11.3 Å². The minimum atomic E-state index is -0.205. The molecule has 2 aromatic rings. The third-order valence-corrected chi connectivity index (χ3v) is 4.68. The van der Waals surface area contributed by atoms with Crippen LogP contribution in [0.25, 0.3) is 0 Å². The zero-order valence-electron chi connectivity index (χ0n) is 15.3. The van der Waals surface area contributed by atoms with Crippen LogP contribution in [0.3, 0.4) is 0 Å². The molecule has 0 radical (unpaired) electrons. The first-order chi connectivity index (χ1) is 12.3. The number of ketones is 1. The summed E-state index contributed by atoms with van der Waals surface area (Å²) in [6.45, 7) is 5.92. The Morgan fingerprint density at radius 2 is 1.46 bits per heavy atom. The van der Waals surface area contributed by atoms with Crippen LogP contribution in [0.4, 0.5) is 11.4 Å². The van der Waals surface area contributed by atoms with Gasteiger partial charge in [-0.25, -0.2) is 0 Å². The van der Waals surface area contributed by atoms with Crippen LogP contribution >= 0.6 is 11.3 Å². The predicted octanol–water partition coefficient (Wildman–Crippen LogP) is 4.64. The zero-order valence-corrected chi connectivity index (χ0v) is 16.1. The van der Waals surface area contributed by atoms with Gasteiger partial charge in [0.15, 0.2) is 5.78 Å². The van der Waals surface area contributed by atoms with Gasteiger partial charge in [0.05, 0.1) is 4.88 Å². The first-order valence-corrected chi connectivity index (χ1v) is 9.44. The summed E-state index contributed by atoms with van der Waals surface area (Å²) < 4.78 is 0. The van der Waals surface area contributed by atoms with Crippen molar-refractivity contribution >= 4 is 40.3 Å². The molecule has 0 saturated heterocycles. The fourth-order valence-electron chi connectivity index (χ4n) is 2.38. The van der Waals surface area contributed by atoms with E-state index in [0.29, 0.717) is 28.6 Å². The summed E-state index contributed by atoms with van der Waals surface area (Å²) in [4.78, 5) is 37.6. The van der Waals surface area contributed by atoms with E-state index < -0.39 is 0 Å². The van der Waals surface area contributed by atoms with Gasteiger partial charge in [-0.2, -0.15) is 0 Å². The Balaban J connectivity index is 1.80. The van der Waals surface area contributed by atoms with Gasteiger partial charge >= 0.3 is 0 Å². The van der Waals surface area contributed by atoms with Crippen LogP contribution in [0.2, 0.25) is 0 Å². The number of rotatable bonds is 8. The van der Waals surface area contributed by atoms with E-state index in [1.807, 2.05) is 26.8 Å². The van der Waals surface area contributed by atoms with Crippen molar-refractivity contribution in [2.24, 2.45) is 5.92 Å². The molecule has 2 amide bonds. The van der Waals surface area contributed by atoms with Crippen molar-refractivity contribution in [3.05, 3.63) is 46.2 Å². The molecule has 1 heterocycles. The summed E-state index contributed by atoms with van der Waals surface area (Å²) in [5.41, 5.74) is 1.33. The highest BCUT2D eigenvalue weighted by Gasteiger charge is 2.11. The molecule has 0 fully saturated rings. The molecule has 0 spiro atoms. The van der Waals surface area contributed by atoms with Crippen LogP contribution in [0.1, 0.15) is 47.7 Å². The molecule has 138 valence electrons. The Morgan fingerprint density at radius 1 is 0.885 bits per heavy atom. The molecule has 0 unspecified atom stereocenters. The number of Topliss-reactive ketones (excluding diaryl/α,β-unsaturated/α-hetero) is 1. The van der Waals surface area contributed by atoms with Crippen molar-refractivity contribution in [2.45, 2.75) is 40.0 Å². The molecule has 6 heteroatoms. The van der Waals surface area contributed by atoms with E-state index in [1.165, 1.54) is 11.3 Å². The number of nitrogens with one attached hydrogen (secondary N) is 2. The fourth-order valence-corrected chi connectivity index (χ4v) is 3.21. The fraction of sp³-hybridized carbons (Fsp3) is 0.350. The van der Waals surface area contributed by atoms with Gasteiger partial charge in [-0.1, -0.05) is 13.8 Å². The van der Waals surface area contributed by atoms with Gasteiger partial charge in [0.2, 0.25) is 11.8 Å². The molecule has 1 aromatic carbocycles. The van der Waals surface area contributed by atoms with E-state index >= 15 is 0 Å². The quantitative estimate of drug-likeness (QED) is 0.663. The van der Waals surface area contributed by atoms with Gasteiger partial charge in [0.1, 0.15) is 0 Å². The predicted molar refractivity (Wildman–Crippen MR) is 106 cm³/mol. The lowest BCUT2D eigenvalue weighted by atomic mass is 10.1. The van der Waals surface area contributed by atoms with Crippen molar-refractivity contribution < 1.29 is 14.4 Å². The Morgan fingerprint density at radius 3 is 1.96 bits per heavy atom. The van der Waals surface area contributed by atoms with Crippen LogP contribution in [-0.2, 0) is 9.59 Å². The number of carbonyl (C=O) groups excluding carboxylic acids is 3. The number of benzene rings is 1. The summed E-state index contributed by atoms with van der Waals surface area (Å²) >= 11 is 1.45. The SMILES string of the molecule is Cc1ccc(C(=O)CCC(=O)Nc2ccc(NC(=O)CC(C)C)cc2)s1. The third kappa shape index (κ3) is 6.44. The van der Waals surface area contributed by atoms with E-state index in [4.69, 9.17) is 0 Å². The van der Waals surface area contributed by atoms with Crippen LogP contribution in [0.15, 0.2) is 36.4 Å². The monoisotopic (exact) mass is 372 g/mol. The molecule has 0 aliphatic heterocycles. The number of carbonyl (C=O) groups is 3. The van der Waals surface area contributed by atoms with Crippen molar-refractivity contribution in [3.63, 3.8) is 0 Å². The lowest BCUT2D eigenvalue weighted by Crippen LogP contribution is -2.14. The number of hydrogen-bond acceptors (Lipinski definition) is 4. The average molecular weight is 372 g/mol. The normalized spacial score (nSPS) is 10.6. The summed E-state index contributed by atoms with van der Waals surface area (Å²) in [5.74, 6) is 0.0539. The van der Waals surface area contributed by atoms with E-state index in [0.717, 1.165) is 4.88 Å². The maximum Gasteiger partial charge on any atom is 0.224 e. The van der Waals surface area contributed by atoms with Gasteiger partial charge in [0, 0.05) is 35.5 Å². The number of amides is 2. The van der Waals surface area contributed by atoms with Crippen molar-refractivity contribution in [1.82, 2.24) is 0 Å². The summed E-state index contributed by atoms with van der Waals surface area (Å²) in [7, 11) is 0. The second-order valence-corrected chi connectivity index (χ2v) is 7.89. The van der Waals surface area contributed by atoms with Gasteiger partial charge in [0.25, 0.3) is 0 Å². The smallest absolute Gasteiger partial charge is 0.224 e. The van der Waals surface area contributed by atoms with E-state index in [2.05, 4.69) is 10.6 Å². The highest BCUT2D eigenvalue weighted by molar-refractivity contribution is 7.14. The van der Waals surface area contributed by atoms with E-state index in [1.54, 1.807) is 30.3 Å². The van der Waals surface area contributed by atoms with Gasteiger partial charge in [-0.3, -0.25) is 14.4 Å². The molecular weight excluding hydrogens is 348 g/mol. The molecule has 0 atom stereocenters. The Kier molecular flexibility index (Phi) is 7.09. The molecule has 2 rings (SSSR count). The van der Waals surface area contributed by atoms with Gasteiger partial charge in [-0.05, 0) is 49.2 Å². The maximum atomic E-state index is 12.0. The van der Waals surface area contributed by atoms with Crippen molar-refractivity contribution in [2.75, 3.05) is 10.6 Å². The second-order valence-electron chi connectivity index (χ2n) is 6.61. The Labute approximate surface area is 157 Å². The van der Waals surface area contributed by atoms with E-state index in [9.17, 15) is 14.4 Å². The molecule has 0 aliphatic carbocycles. The standard InChI is InChI=1S/C20H24N2O3S/c1-13(2)12-20(25)22-16-7-5-15(6-8-16)21-19(24)11-9-17(23)18-10-4-14(3)26-18/h4-8,10,13H,9,11-12H2,1-3H3,(H,21,24)(H,22,25). The van der Waals surface area contributed by atoms with Gasteiger partial charge < -0.3 is 10.6 Å². The molecule has 0 bridgehead atoms. The molecule has 1 aromatic heterocycles. The second kappa shape index (κ2) is 9.29. The molecule has 0 aliphatic rings. The van der Waals surface area contributed by atoms with Crippen LogP contribution in [0, 0.1) is 12.8 Å². The van der Waals surface area contributed by atoms with Crippen LogP contribution < -0.4 is 10.6 Å². The minimum Gasteiger partial charge on any atom is -0.326 e. The Bertz CT molecular complexity index is 779. The first-order valence-electron chi connectivity index (χ1n) is 8.63. The molecular formula is C20H24N2O3S. The van der Waals surface area contributed by atoms with Crippen molar-refractivity contribution in [1.29, 1.82) is 0 Å². The number of thiophene rings is 1. The minimum absolute atomic E-state index is 0.0125. The third-order valence-electron chi connectivity index (χ3n) is 3.64. The number of hydrogen-bond donors (Lipinski definition) is 2. The average Bonchev–Trinajstić information content (AvgIpc) is 3.00. The lowest BCUT2D eigenvalue weighted by Gasteiger charge is -2.09. The van der Waals surface area contributed by atoms with Crippen LogP contribution in [-0.4, -0.2) is 17.6 Å². The number of aryl methyl sites for hydroxylation is 1. The van der Waals surface area contributed by atoms with Crippen molar-refractivity contribution in [3.8, 4) is 0 Å². The molecule has 0 saturated carbocycles. The lowest BCUT2D eigenvalue weighted by molar-refractivity contribution is -0.117. The first kappa shape index (κ1) is 19.8. The summed E-state index contributed by atoms with van der Waals surface area (Å²) in [6, 6.07) is 10.6. The zero-order chi connectivity index (χ0) is 19.1. The van der Waals surface area contributed by atoms with Crippen LogP contribution in [0.5, 0.6) is 0 Å². The largest absolute Gasteiger partial charge is 0.326 e. The Hall–Kier alpha value is -2.47. The number of anilines is 2. The highest BCUT2D eigenvalue weighted by Crippen LogP contribution is 2.18. The molecule has 26 heavy (non-hydrogen) atoms. The molecule has 5 nitrogen and oxygen atoms in total. The topological polar surface area (TPSA) is 75.3 Å². The highest BCUT2D eigenvalue weighted by atomic mass is 32.1. The summed E-state index contributed by atoms with van der Waals surface area (Å²) in [6.07, 6.45) is 0.800.